The molecule has 0 bridgehead atoms. The molecule has 1 fully saturated rings. The molecule has 29 heavy (non-hydrogen) atoms. The Bertz CT molecular complexity index is 639. The smallest absolute Gasteiger partial charge is 0.191 e. The van der Waals surface area contributed by atoms with Gasteiger partial charge in [0.1, 0.15) is 0 Å². The van der Waals surface area contributed by atoms with Crippen LogP contribution in [0.2, 0.25) is 0 Å². The van der Waals surface area contributed by atoms with E-state index in [9.17, 15) is 0 Å². The predicted octanol–water partition coefficient (Wildman–Crippen LogP) is 2.50. The highest BCUT2D eigenvalue weighted by molar-refractivity contribution is 14.0. The molecule has 2 N–H and O–H groups in total. The van der Waals surface area contributed by atoms with Gasteiger partial charge in [-0.25, -0.2) is 0 Å². The first-order valence-corrected chi connectivity index (χ1v) is 10.6. The van der Waals surface area contributed by atoms with Crippen LogP contribution in [0.1, 0.15) is 44.1 Å². The van der Waals surface area contributed by atoms with E-state index in [1.807, 2.05) is 18.8 Å². The van der Waals surface area contributed by atoms with Crippen molar-refractivity contribution in [1.82, 2.24) is 25.3 Å². The van der Waals surface area contributed by atoms with E-state index in [-0.39, 0.29) is 30.0 Å². The fourth-order valence-electron chi connectivity index (χ4n) is 3.96. The van der Waals surface area contributed by atoms with Gasteiger partial charge < -0.3 is 15.4 Å². The van der Waals surface area contributed by atoms with Crippen molar-refractivity contribution in [2.24, 2.45) is 18.0 Å². The van der Waals surface area contributed by atoms with Crippen LogP contribution in [0.25, 0.3) is 0 Å². The molecule has 1 aliphatic rings. The number of hydrogen-bond acceptors (Lipinski definition) is 4. The monoisotopic (exact) mass is 520 g/mol. The fraction of sp³-hybridized carbons (Fsp3) is 0.810. The minimum absolute atomic E-state index is 0. The Labute approximate surface area is 194 Å². The summed E-state index contributed by atoms with van der Waals surface area (Å²) in [7, 11) is 3.85. The van der Waals surface area contributed by atoms with Crippen LogP contribution in [-0.4, -0.2) is 72.6 Å². The number of aliphatic imine (C=N–C) groups is 1. The Morgan fingerprint density at radius 3 is 2.38 bits per heavy atom. The van der Waals surface area contributed by atoms with Gasteiger partial charge in [0.25, 0.3) is 0 Å². The number of nitrogens with zero attached hydrogens (tertiary/aromatic N) is 4. The van der Waals surface area contributed by atoms with Crippen LogP contribution >= 0.6 is 24.0 Å². The normalized spacial score (nSPS) is 17.7. The topological polar surface area (TPSA) is 66.7 Å². The number of hydrogen-bond donors (Lipinski definition) is 2. The van der Waals surface area contributed by atoms with Crippen molar-refractivity contribution < 1.29 is 4.74 Å². The molecular formula is C21H41IN6O. The Morgan fingerprint density at radius 1 is 1.21 bits per heavy atom. The predicted molar refractivity (Wildman–Crippen MR) is 131 cm³/mol. The van der Waals surface area contributed by atoms with E-state index >= 15 is 0 Å². The molecule has 168 valence electrons. The summed E-state index contributed by atoms with van der Waals surface area (Å²) in [5, 5.41) is 11.6. The zero-order valence-corrected chi connectivity index (χ0v) is 21.6. The molecule has 0 saturated carbocycles. The fourth-order valence-corrected chi connectivity index (χ4v) is 3.96. The second kappa shape index (κ2) is 12.7. The maximum atomic E-state index is 5.53. The lowest BCUT2D eigenvalue weighted by molar-refractivity contribution is 0.0132. The summed E-state index contributed by atoms with van der Waals surface area (Å²) < 4.78 is 7.49. The van der Waals surface area contributed by atoms with Crippen molar-refractivity contribution in [3.63, 3.8) is 0 Å². The summed E-state index contributed by atoms with van der Waals surface area (Å²) in [4.78, 5) is 7.00. The molecule has 1 aromatic heterocycles. The molecule has 0 radical (unpaired) electrons. The highest BCUT2D eigenvalue weighted by Gasteiger charge is 2.22. The van der Waals surface area contributed by atoms with E-state index in [4.69, 9.17) is 4.74 Å². The van der Waals surface area contributed by atoms with E-state index in [0.29, 0.717) is 12.0 Å². The highest BCUT2D eigenvalue weighted by atomic mass is 127. The standard InChI is InChI=1S/C21H40N6O.HI/c1-15(2)12-19(27-8-10-28-11-9-27)14-23-21(22-6)24-16(3)13-20-17(4)25-26(7)18(20)5;/h15-16,19H,8-14H2,1-7H3,(H2,22,23,24);1H. The molecule has 7 nitrogen and oxygen atoms in total. The van der Waals surface area contributed by atoms with Gasteiger partial charge >= 0.3 is 0 Å². The molecule has 1 aromatic rings. The molecule has 0 aromatic carbocycles. The zero-order chi connectivity index (χ0) is 20.7. The molecular weight excluding hydrogens is 479 g/mol. The number of nitrogens with one attached hydrogen (secondary N) is 2. The average Bonchev–Trinajstić information content (AvgIpc) is 2.90. The Kier molecular flexibility index (Phi) is 11.5. The van der Waals surface area contributed by atoms with Gasteiger partial charge in [0.2, 0.25) is 0 Å². The largest absolute Gasteiger partial charge is 0.379 e. The number of morpholine rings is 1. The maximum absolute atomic E-state index is 5.53. The van der Waals surface area contributed by atoms with Crippen molar-refractivity contribution in [2.45, 2.75) is 59.5 Å². The number of rotatable bonds is 8. The number of ether oxygens (including phenoxy) is 1. The van der Waals surface area contributed by atoms with Gasteiger partial charge in [-0.05, 0) is 45.1 Å². The van der Waals surface area contributed by atoms with Crippen LogP contribution in [0.15, 0.2) is 4.99 Å². The number of aryl methyl sites for hydroxylation is 2. The molecule has 0 spiro atoms. The summed E-state index contributed by atoms with van der Waals surface area (Å²) in [6, 6.07) is 0.778. The molecule has 2 atom stereocenters. The highest BCUT2D eigenvalue weighted by Crippen LogP contribution is 2.15. The van der Waals surface area contributed by atoms with Crippen LogP contribution in [0.4, 0.5) is 0 Å². The average molecular weight is 521 g/mol. The van der Waals surface area contributed by atoms with Crippen LogP contribution in [0.3, 0.4) is 0 Å². The second-order valence-electron chi connectivity index (χ2n) is 8.41. The van der Waals surface area contributed by atoms with Crippen LogP contribution < -0.4 is 10.6 Å². The van der Waals surface area contributed by atoms with E-state index in [1.165, 1.54) is 17.7 Å². The van der Waals surface area contributed by atoms with E-state index in [1.54, 1.807) is 0 Å². The van der Waals surface area contributed by atoms with Crippen molar-refractivity contribution in [1.29, 1.82) is 0 Å². The van der Waals surface area contributed by atoms with Crippen molar-refractivity contribution in [3.8, 4) is 0 Å². The third kappa shape index (κ3) is 8.05. The SMILES string of the molecule is CN=C(NCC(CC(C)C)N1CCOCC1)NC(C)Cc1c(C)nn(C)c1C.I. The Hall–Kier alpha value is -0.870. The van der Waals surface area contributed by atoms with Crippen molar-refractivity contribution in [3.05, 3.63) is 17.0 Å². The number of halogens is 1. The lowest BCUT2D eigenvalue weighted by Gasteiger charge is -2.36. The zero-order valence-electron chi connectivity index (χ0n) is 19.3. The molecule has 0 amide bonds. The van der Waals surface area contributed by atoms with Crippen molar-refractivity contribution in [2.75, 3.05) is 39.9 Å². The summed E-state index contributed by atoms with van der Waals surface area (Å²) in [5.41, 5.74) is 3.67. The first kappa shape index (κ1) is 26.2. The number of aromatic nitrogens is 2. The summed E-state index contributed by atoms with van der Waals surface area (Å²) >= 11 is 0. The van der Waals surface area contributed by atoms with Gasteiger partial charge in [0, 0.05) is 51.5 Å². The summed E-state index contributed by atoms with van der Waals surface area (Å²) in [5.74, 6) is 1.54. The van der Waals surface area contributed by atoms with Gasteiger partial charge in [-0.15, -0.1) is 24.0 Å². The van der Waals surface area contributed by atoms with E-state index in [0.717, 1.165) is 50.9 Å². The van der Waals surface area contributed by atoms with Crippen LogP contribution in [0.5, 0.6) is 0 Å². The lowest BCUT2D eigenvalue weighted by Crippen LogP contribution is -2.52. The molecule has 2 heterocycles. The Balaban J connectivity index is 0.00000420. The van der Waals surface area contributed by atoms with Gasteiger partial charge in [-0.2, -0.15) is 5.10 Å². The van der Waals surface area contributed by atoms with Gasteiger partial charge in [0.05, 0.1) is 18.9 Å². The minimum atomic E-state index is 0. The molecule has 2 unspecified atom stereocenters. The van der Waals surface area contributed by atoms with Gasteiger partial charge in [-0.1, -0.05) is 13.8 Å². The first-order valence-electron chi connectivity index (χ1n) is 10.6. The number of guanidine groups is 1. The lowest BCUT2D eigenvalue weighted by atomic mass is 10.0. The van der Waals surface area contributed by atoms with E-state index < -0.39 is 0 Å². The third-order valence-electron chi connectivity index (χ3n) is 5.59. The van der Waals surface area contributed by atoms with E-state index in [2.05, 4.69) is 60.2 Å². The molecule has 1 aliphatic heterocycles. The Morgan fingerprint density at radius 2 is 1.86 bits per heavy atom. The van der Waals surface area contributed by atoms with Crippen LogP contribution in [0, 0.1) is 19.8 Å². The van der Waals surface area contributed by atoms with Crippen LogP contribution in [-0.2, 0) is 18.2 Å². The molecule has 8 heteroatoms. The third-order valence-corrected chi connectivity index (χ3v) is 5.59. The second-order valence-corrected chi connectivity index (χ2v) is 8.41. The first-order chi connectivity index (χ1) is 13.3. The van der Waals surface area contributed by atoms with Gasteiger partial charge in [0.15, 0.2) is 5.96 Å². The summed E-state index contributed by atoms with van der Waals surface area (Å²) in [6.45, 7) is 15.6. The van der Waals surface area contributed by atoms with Crippen molar-refractivity contribution >= 4 is 29.9 Å². The molecule has 2 rings (SSSR count). The molecule has 0 aliphatic carbocycles. The minimum Gasteiger partial charge on any atom is -0.379 e. The van der Waals surface area contributed by atoms with Gasteiger partial charge in [-0.3, -0.25) is 14.6 Å². The molecule has 1 saturated heterocycles. The summed E-state index contributed by atoms with van der Waals surface area (Å²) in [6.07, 6.45) is 2.11. The maximum Gasteiger partial charge on any atom is 0.191 e. The quantitative estimate of drug-likeness (QED) is 0.313.